The highest BCUT2D eigenvalue weighted by Crippen LogP contribution is 2.42. The third-order valence-corrected chi connectivity index (χ3v) is 6.90. The molecule has 2 rings (SSSR count). The summed E-state index contributed by atoms with van der Waals surface area (Å²) in [7, 11) is 0. The van der Waals surface area contributed by atoms with Crippen LogP contribution in [0.25, 0.3) is 0 Å². The van der Waals surface area contributed by atoms with Crippen molar-refractivity contribution in [3.63, 3.8) is 0 Å². The Hall–Kier alpha value is -1.13. The van der Waals surface area contributed by atoms with Gasteiger partial charge in [0.2, 0.25) is 0 Å². The van der Waals surface area contributed by atoms with E-state index in [1.807, 2.05) is 0 Å². The van der Waals surface area contributed by atoms with Crippen LogP contribution >= 0.6 is 0 Å². The summed E-state index contributed by atoms with van der Waals surface area (Å²) in [5, 5.41) is 9.11. The highest BCUT2D eigenvalue weighted by molar-refractivity contribution is 5.70. The van der Waals surface area contributed by atoms with Crippen molar-refractivity contribution in [1.29, 1.82) is 0 Å². The molecule has 0 amide bonds. The first-order chi connectivity index (χ1) is 13.0. The fraction of sp³-hybridized carbons (Fsp3) is 0.792. The molecule has 28 heavy (non-hydrogen) atoms. The second kappa shape index (κ2) is 9.58. The molecule has 1 aliphatic carbocycles. The van der Waals surface area contributed by atoms with Crippen molar-refractivity contribution in [3.05, 3.63) is 22.8 Å². The van der Waals surface area contributed by atoms with Crippen molar-refractivity contribution in [3.8, 4) is 0 Å². The highest BCUT2D eigenvalue weighted by Gasteiger charge is 2.37. The maximum Gasteiger partial charge on any atom is 0.308 e. The lowest BCUT2D eigenvalue weighted by molar-refractivity contribution is -0.411. The van der Waals surface area contributed by atoms with Crippen LogP contribution in [0.4, 0.5) is 0 Å². The van der Waals surface area contributed by atoms with Crippen molar-refractivity contribution >= 4 is 5.97 Å². The van der Waals surface area contributed by atoms with Crippen molar-refractivity contribution < 1.29 is 19.7 Å². The van der Waals surface area contributed by atoms with Crippen LogP contribution < -0.4 is 0 Å². The zero-order chi connectivity index (χ0) is 20.9. The number of hydrogen-bond acceptors (Lipinski definition) is 3. The molecular weight excluding hydrogens is 352 g/mol. The van der Waals surface area contributed by atoms with Gasteiger partial charge in [-0.3, -0.25) is 4.79 Å². The van der Waals surface area contributed by atoms with Gasteiger partial charge in [-0.05, 0) is 90.9 Å². The molecular formula is C24H40O4. The highest BCUT2D eigenvalue weighted by atomic mass is 17.2. The van der Waals surface area contributed by atoms with E-state index in [0.29, 0.717) is 5.41 Å². The predicted molar refractivity (Wildman–Crippen MR) is 113 cm³/mol. The molecule has 1 unspecified atom stereocenters. The zero-order valence-corrected chi connectivity index (χ0v) is 18.8. The smallest absolute Gasteiger partial charge is 0.308 e. The maximum absolute atomic E-state index is 11.1. The standard InChI is InChI=1S/C24H40O4/c1-17(11-12-20-18(2)10-8-14-23(20,4)5)9-7-15-24(6)16-13-21(27-28-24)19(3)22(25)26/h9,19,21H,7-8,10-16H2,1-6H3,(H,25,26)/b17-9+/t19-,21-,24?/m0/s1. The quantitative estimate of drug-likeness (QED) is 0.373. The van der Waals surface area contributed by atoms with Gasteiger partial charge in [0.05, 0.1) is 5.92 Å². The Morgan fingerprint density at radius 1 is 1.32 bits per heavy atom. The lowest BCUT2D eigenvalue weighted by Gasteiger charge is -2.37. The monoisotopic (exact) mass is 392 g/mol. The maximum atomic E-state index is 11.1. The molecule has 0 aromatic heterocycles. The average molecular weight is 393 g/mol. The van der Waals surface area contributed by atoms with Crippen LogP contribution in [0, 0.1) is 11.3 Å². The van der Waals surface area contributed by atoms with Crippen LogP contribution in [-0.4, -0.2) is 22.8 Å². The van der Waals surface area contributed by atoms with Gasteiger partial charge in [-0.1, -0.05) is 36.6 Å². The SMILES string of the molecule is CC1=C(CC/C(C)=C/CCC2(C)CC[C@@H]([C@H](C)C(=O)O)OO2)C(C)(C)CCC1. The molecule has 1 saturated heterocycles. The van der Waals surface area contributed by atoms with E-state index < -0.39 is 11.9 Å². The molecule has 0 saturated carbocycles. The van der Waals surface area contributed by atoms with Gasteiger partial charge in [-0.25, -0.2) is 9.78 Å². The minimum absolute atomic E-state index is 0.323. The van der Waals surface area contributed by atoms with Crippen molar-refractivity contribution in [2.75, 3.05) is 0 Å². The molecule has 0 aromatic carbocycles. The van der Waals surface area contributed by atoms with Crippen LogP contribution in [0.3, 0.4) is 0 Å². The van der Waals surface area contributed by atoms with E-state index in [1.54, 1.807) is 18.1 Å². The fourth-order valence-corrected chi connectivity index (χ4v) is 4.65. The predicted octanol–water partition coefficient (Wildman–Crippen LogP) is 6.61. The Morgan fingerprint density at radius 3 is 2.61 bits per heavy atom. The van der Waals surface area contributed by atoms with E-state index in [1.165, 1.54) is 31.3 Å². The summed E-state index contributed by atoms with van der Waals surface area (Å²) < 4.78 is 0. The van der Waals surface area contributed by atoms with Gasteiger partial charge < -0.3 is 5.11 Å². The molecule has 2 aliphatic rings. The van der Waals surface area contributed by atoms with Crippen molar-refractivity contribution in [1.82, 2.24) is 0 Å². The third-order valence-electron chi connectivity index (χ3n) is 6.90. The van der Waals surface area contributed by atoms with E-state index >= 15 is 0 Å². The van der Waals surface area contributed by atoms with Gasteiger partial charge in [0.15, 0.2) is 0 Å². The molecule has 0 spiro atoms. The molecule has 0 aromatic rings. The van der Waals surface area contributed by atoms with Gasteiger partial charge in [0, 0.05) is 0 Å². The van der Waals surface area contributed by atoms with Crippen LogP contribution in [0.15, 0.2) is 22.8 Å². The molecule has 1 aliphatic heterocycles. The molecule has 3 atom stereocenters. The molecule has 4 nitrogen and oxygen atoms in total. The Labute approximate surface area is 171 Å². The van der Waals surface area contributed by atoms with Crippen LogP contribution in [0.5, 0.6) is 0 Å². The van der Waals surface area contributed by atoms with Crippen molar-refractivity contribution in [2.24, 2.45) is 11.3 Å². The summed E-state index contributed by atoms with van der Waals surface area (Å²) in [5.41, 5.74) is 4.75. The van der Waals surface area contributed by atoms with Crippen LogP contribution in [0.2, 0.25) is 0 Å². The normalized spacial score (nSPS) is 29.6. The summed E-state index contributed by atoms with van der Waals surface area (Å²) in [5.74, 6) is -1.37. The van der Waals surface area contributed by atoms with Gasteiger partial charge in [0.25, 0.3) is 0 Å². The number of aliphatic carboxylic acids is 1. The molecule has 0 radical (unpaired) electrons. The minimum Gasteiger partial charge on any atom is -0.481 e. The van der Waals surface area contributed by atoms with Gasteiger partial charge in [-0.2, -0.15) is 0 Å². The number of hydrogen-bond donors (Lipinski definition) is 1. The van der Waals surface area contributed by atoms with E-state index in [0.717, 1.165) is 32.1 Å². The topological polar surface area (TPSA) is 55.8 Å². The molecule has 4 heteroatoms. The number of carbonyl (C=O) groups is 1. The van der Waals surface area contributed by atoms with E-state index in [2.05, 4.69) is 40.7 Å². The minimum atomic E-state index is -0.831. The summed E-state index contributed by atoms with van der Waals surface area (Å²) >= 11 is 0. The molecule has 160 valence electrons. The third kappa shape index (κ3) is 6.18. The second-order valence-corrected chi connectivity index (χ2v) is 9.92. The molecule has 1 heterocycles. The Morgan fingerprint density at radius 2 is 2.04 bits per heavy atom. The van der Waals surface area contributed by atoms with Gasteiger partial charge in [0.1, 0.15) is 11.7 Å². The van der Waals surface area contributed by atoms with Crippen LogP contribution in [0.1, 0.15) is 99.3 Å². The zero-order valence-electron chi connectivity index (χ0n) is 18.8. The molecule has 1 N–H and O–H groups in total. The van der Waals surface area contributed by atoms with Crippen LogP contribution in [-0.2, 0) is 14.6 Å². The average Bonchev–Trinajstić information content (AvgIpc) is 2.60. The van der Waals surface area contributed by atoms with E-state index in [9.17, 15) is 4.79 Å². The number of carboxylic acid groups (broad SMARTS) is 1. The first-order valence-corrected chi connectivity index (χ1v) is 11.0. The van der Waals surface area contributed by atoms with Gasteiger partial charge in [-0.15, -0.1) is 0 Å². The lowest BCUT2D eigenvalue weighted by Crippen LogP contribution is -2.41. The Bertz CT molecular complexity index is 606. The van der Waals surface area contributed by atoms with E-state index in [4.69, 9.17) is 14.9 Å². The number of allylic oxidation sites excluding steroid dienone is 4. The second-order valence-electron chi connectivity index (χ2n) is 9.92. The molecule has 0 bridgehead atoms. The Kier molecular flexibility index (Phi) is 7.92. The summed E-state index contributed by atoms with van der Waals surface area (Å²) in [6, 6.07) is 0. The first-order valence-electron chi connectivity index (χ1n) is 11.0. The first kappa shape index (κ1) is 23.2. The largest absolute Gasteiger partial charge is 0.481 e. The molecule has 1 fully saturated rings. The summed E-state index contributed by atoms with van der Waals surface area (Å²) in [6.45, 7) is 13.1. The van der Waals surface area contributed by atoms with Gasteiger partial charge >= 0.3 is 5.97 Å². The number of carboxylic acids is 1. The Balaban J connectivity index is 1.79. The number of rotatable bonds is 8. The fourth-order valence-electron chi connectivity index (χ4n) is 4.65. The van der Waals surface area contributed by atoms with E-state index in [-0.39, 0.29) is 11.7 Å². The lowest BCUT2D eigenvalue weighted by atomic mass is 9.71. The summed E-state index contributed by atoms with van der Waals surface area (Å²) in [6.07, 6.45) is 11.6. The summed E-state index contributed by atoms with van der Waals surface area (Å²) in [4.78, 5) is 22.2. The van der Waals surface area contributed by atoms with Crippen molar-refractivity contribution in [2.45, 2.75) is 111 Å².